The van der Waals surface area contributed by atoms with Gasteiger partial charge in [0, 0.05) is 31.7 Å². The number of hydrogen-bond acceptors (Lipinski definition) is 7. The third-order valence-corrected chi connectivity index (χ3v) is 5.52. The topological polar surface area (TPSA) is 84.0 Å². The number of aryl methyl sites for hydroxylation is 2. The highest BCUT2D eigenvalue weighted by Gasteiger charge is 2.49. The highest BCUT2D eigenvalue weighted by atomic mass is 16.5. The smallest absolute Gasteiger partial charge is 0.240 e. The number of nitrogens with zero attached hydrogens (tertiary/aromatic N) is 3. The monoisotopic (exact) mass is 374 g/mol. The molecule has 0 saturated carbocycles. The fourth-order valence-electron chi connectivity index (χ4n) is 4.00. The van der Waals surface area contributed by atoms with E-state index in [0.717, 1.165) is 49.0 Å². The lowest BCUT2D eigenvalue weighted by Gasteiger charge is -2.55. The van der Waals surface area contributed by atoms with E-state index in [1.165, 1.54) is 0 Å². The first kappa shape index (κ1) is 18.2. The Bertz CT molecular complexity index is 775. The largest absolute Gasteiger partial charge is 0.467 e. The van der Waals surface area contributed by atoms with E-state index in [2.05, 4.69) is 20.3 Å². The number of carbonyl (C=O) groups is 1. The van der Waals surface area contributed by atoms with E-state index in [-0.39, 0.29) is 17.6 Å². The molecule has 8 nitrogen and oxygen atoms in total. The number of rotatable bonds is 5. The average molecular weight is 374 g/mol. The molecule has 2 aliphatic heterocycles. The summed E-state index contributed by atoms with van der Waals surface area (Å²) in [6, 6.07) is 3.38. The molecule has 4 heterocycles. The Morgan fingerprint density at radius 1 is 1.37 bits per heavy atom. The molecule has 2 fully saturated rings. The van der Waals surface area contributed by atoms with Crippen LogP contribution in [0.5, 0.6) is 0 Å². The zero-order valence-electron chi connectivity index (χ0n) is 16.0. The Morgan fingerprint density at radius 2 is 2.19 bits per heavy atom. The molecule has 0 bridgehead atoms. The zero-order chi connectivity index (χ0) is 19.0. The average Bonchev–Trinajstić information content (AvgIpc) is 3.23. The van der Waals surface area contributed by atoms with Gasteiger partial charge >= 0.3 is 0 Å². The number of hydrogen-bond donors (Lipinski definition) is 1. The predicted molar refractivity (Wildman–Crippen MR) is 96.9 cm³/mol. The molecule has 1 atom stereocenters. The van der Waals surface area contributed by atoms with Crippen LogP contribution >= 0.6 is 0 Å². The number of nitrogens with one attached hydrogen (secondary N) is 1. The molecule has 1 amide bonds. The van der Waals surface area contributed by atoms with Crippen molar-refractivity contribution in [3.8, 4) is 0 Å². The Kier molecular flexibility index (Phi) is 4.79. The molecule has 0 unspecified atom stereocenters. The van der Waals surface area contributed by atoms with Crippen molar-refractivity contribution in [3.05, 3.63) is 41.2 Å². The maximum Gasteiger partial charge on any atom is 0.240 e. The second-order valence-electron chi connectivity index (χ2n) is 7.67. The number of likely N-dealkylation sites (N-methyl/N-ethyl adjacent to an activating group) is 1. The molecular weight excluding hydrogens is 348 g/mol. The van der Waals surface area contributed by atoms with Crippen LogP contribution in [0.15, 0.2) is 27.3 Å². The van der Waals surface area contributed by atoms with E-state index in [1.807, 2.05) is 33.0 Å². The standard InChI is InChI=1S/C19H26N4O4/c1-13-16(14(2)27-21-13)8-23-11-19(12-23)10-22(3)17(9-26-19)18(24)20-7-15-5-4-6-25-15/h4-6,17H,7-12H2,1-3H3,(H,20,24)/t17-/m0/s1. The summed E-state index contributed by atoms with van der Waals surface area (Å²) in [7, 11) is 1.98. The first-order valence-electron chi connectivity index (χ1n) is 9.24. The molecule has 4 rings (SSSR count). The summed E-state index contributed by atoms with van der Waals surface area (Å²) >= 11 is 0. The summed E-state index contributed by atoms with van der Waals surface area (Å²) in [5.41, 5.74) is 1.92. The minimum atomic E-state index is -0.276. The predicted octanol–water partition coefficient (Wildman–Crippen LogP) is 1.09. The van der Waals surface area contributed by atoms with Crippen molar-refractivity contribution in [2.75, 3.05) is 33.3 Å². The van der Waals surface area contributed by atoms with Gasteiger partial charge < -0.3 is 19.0 Å². The summed E-state index contributed by atoms with van der Waals surface area (Å²) in [5.74, 6) is 1.59. The summed E-state index contributed by atoms with van der Waals surface area (Å²) in [6.07, 6.45) is 1.60. The third kappa shape index (κ3) is 3.65. The fourth-order valence-corrected chi connectivity index (χ4v) is 4.00. The molecule has 2 aliphatic rings. The first-order valence-corrected chi connectivity index (χ1v) is 9.24. The lowest BCUT2D eigenvalue weighted by Crippen LogP contribution is -2.72. The fraction of sp³-hybridized carbons (Fsp3) is 0.579. The van der Waals surface area contributed by atoms with Crippen LogP contribution in [0.25, 0.3) is 0 Å². The molecule has 2 aromatic heterocycles. The van der Waals surface area contributed by atoms with Gasteiger partial charge in [-0.15, -0.1) is 0 Å². The minimum absolute atomic E-state index is 0.0318. The molecule has 2 saturated heterocycles. The summed E-state index contributed by atoms with van der Waals surface area (Å²) in [6.45, 7) is 7.98. The van der Waals surface area contributed by atoms with E-state index in [1.54, 1.807) is 6.26 Å². The molecule has 27 heavy (non-hydrogen) atoms. The Morgan fingerprint density at radius 3 is 2.81 bits per heavy atom. The van der Waals surface area contributed by atoms with Crippen LogP contribution in [0.2, 0.25) is 0 Å². The summed E-state index contributed by atoms with van der Waals surface area (Å²) in [5, 5.41) is 6.93. The van der Waals surface area contributed by atoms with E-state index < -0.39 is 0 Å². The van der Waals surface area contributed by atoms with Crippen LogP contribution in [-0.2, 0) is 22.6 Å². The van der Waals surface area contributed by atoms with Gasteiger partial charge in [-0.2, -0.15) is 0 Å². The van der Waals surface area contributed by atoms with Gasteiger partial charge in [0.15, 0.2) is 0 Å². The normalized spacial score (nSPS) is 22.7. The van der Waals surface area contributed by atoms with Crippen molar-refractivity contribution in [2.45, 2.75) is 38.6 Å². The van der Waals surface area contributed by atoms with Gasteiger partial charge in [0.1, 0.15) is 23.2 Å². The van der Waals surface area contributed by atoms with Crippen LogP contribution in [0, 0.1) is 13.8 Å². The molecule has 1 N–H and O–H groups in total. The van der Waals surface area contributed by atoms with Crippen LogP contribution in [-0.4, -0.2) is 65.8 Å². The van der Waals surface area contributed by atoms with Crippen molar-refractivity contribution in [3.63, 3.8) is 0 Å². The summed E-state index contributed by atoms with van der Waals surface area (Å²) in [4.78, 5) is 16.9. The van der Waals surface area contributed by atoms with Crippen LogP contribution in [0.3, 0.4) is 0 Å². The molecule has 0 radical (unpaired) electrons. The van der Waals surface area contributed by atoms with Crippen molar-refractivity contribution in [1.82, 2.24) is 20.3 Å². The number of aromatic nitrogens is 1. The molecule has 1 spiro atoms. The molecule has 146 valence electrons. The number of morpholine rings is 1. The molecule has 2 aromatic rings. The third-order valence-electron chi connectivity index (χ3n) is 5.52. The van der Waals surface area contributed by atoms with Gasteiger partial charge in [0.05, 0.1) is 25.1 Å². The minimum Gasteiger partial charge on any atom is -0.467 e. The van der Waals surface area contributed by atoms with Crippen molar-refractivity contribution < 1.29 is 18.5 Å². The molecule has 8 heteroatoms. The van der Waals surface area contributed by atoms with Gasteiger partial charge in [-0.1, -0.05) is 5.16 Å². The quantitative estimate of drug-likeness (QED) is 0.838. The number of carbonyl (C=O) groups excluding carboxylic acids is 1. The van der Waals surface area contributed by atoms with E-state index in [4.69, 9.17) is 13.7 Å². The highest BCUT2D eigenvalue weighted by molar-refractivity contribution is 5.82. The second kappa shape index (κ2) is 7.10. The van der Waals surface area contributed by atoms with Gasteiger partial charge in [-0.05, 0) is 33.0 Å². The first-order chi connectivity index (χ1) is 13.0. The van der Waals surface area contributed by atoms with Gasteiger partial charge in [0.2, 0.25) is 5.91 Å². The van der Waals surface area contributed by atoms with E-state index in [9.17, 15) is 4.79 Å². The van der Waals surface area contributed by atoms with Crippen molar-refractivity contribution in [2.24, 2.45) is 0 Å². The Balaban J connectivity index is 1.27. The Hall–Kier alpha value is -2.16. The molecular formula is C19H26N4O4. The van der Waals surface area contributed by atoms with Crippen molar-refractivity contribution >= 4 is 5.91 Å². The van der Waals surface area contributed by atoms with Crippen molar-refractivity contribution in [1.29, 1.82) is 0 Å². The molecule has 0 aromatic carbocycles. The van der Waals surface area contributed by atoms with Crippen LogP contribution < -0.4 is 5.32 Å². The van der Waals surface area contributed by atoms with Crippen LogP contribution in [0.4, 0.5) is 0 Å². The van der Waals surface area contributed by atoms with Gasteiger partial charge in [-0.25, -0.2) is 0 Å². The maximum absolute atomic E-state index is 12.5. The van der Waals surface area contributed by atoms with Gasteiger partial charge in [0.25, 0.3) is 0 Å². The second-order valence-corrected chi connectivity index (χ2v) is 7.67. The SMILES string of the molecule is Cc1noc(C)c1CN1CC2(C1)CN(C)[C@H](C(=O)NCc1ccco1)CO2. The van der Waals surface area contributed by atoms with E-state index >= 15 is 0 Å². The Labute approximate surface area is 158 Å². The van der Waals surface area contributed by atoms with Crippen LogP contribution in [0.1, 0.15) is 22.8 Å². The van der Waals surface area contributed by atoms with Gasteiger partial charge in [-0.3, -0.25) is 14.6 Å². The lowest BCUT2D eigenvalue weighted by atomic mass is 9.90. The highest BCUT2D eigenvalue weighted by Crippen LogP contribution is 2.32. The van der Waals surface area contributed by atoms with E-state index in [0.29, 0.717) is 13.2 Å². The number of likely N-dealkylation sites (tertiary alicyclic amines) is 1. The number of furan rings is 1. The number of ether oxygens (including phenoxy) is 1. The lowest BCUT2D eigenvalue weighted by molar-refractivity contribution is -0.198. The number of amides is 1. The summed E-state index contributed by atoms with van der Waals surface area (Å²) < 4.78 is 16.6. The molecule has 0 aliphatic carbocycles. The zero-order valence-corrected chi connectivity index (χ0v) is 16.0. The maximum atomic E-state index is 12.5.